The summed E-state index contributed by atoms with van der Waals surface area (Å²) in [5.74, 6) is 0.412. The topological polar surface area (TPSA) is 95.7 Å². The summed E-state index contributed by atoms with van der Waals surface area (Å²) in [6.07, 6.45) is 0.852. The monoisotopic (exact) mass is 468 g/mol. The SMILES string of the molecule is Cc1ccc(S(=O)(=O)N2CCN(CC(=O)NC(CN)CC(C)C)CC2)cc1.Cl.Cl. The highest BCUT2D eigenvalue weighted by atomic mass is 35.5. The molecule has 0 radical (unpaired) electrons. The Balaban J connectivity index is 0.00000392. The Morgan fingerprint density at radius 2 is 1.66 bits per heavy atom. The molecule has 0 spiro atoms. The van der Waals surface area contributed by atoms with E-state index in [2.05, 4.69) is 19.2 Å². The first-order valence-corrected chi connectivity index (χ1v) is 10.9. The van der Waals surface area contributed by atoms with E-state index in [1.807, 2.05) is 11.8 Å². The molecule has 1 aliphatic heterocycles. The number of carbonyl (C=O) groups is 1. The van der Waals surface area contributed by atoms with Gasteiger partial charge in [0.1, 0.15) is 0 Å². The zero-order valence-electron chi connectivity index (χ0n) is 17.3. The van der Waals surface area contributed by atoms with Gasteiger partial charge in [-0.3, -0.25) is 9.69 Å². The van der Waals surface area contributed by atoms with Crippen LogP contribution in [0.4, 0.5) is 0 Å². The number of hydrogen-bond donors (Lipinski definition) is 2. The van der Waals surface area contributed by atoms with Crippen LogP contribution in [0.1, 0.15) is 25.8 Å². The molecule has 168 valence electrons. The fourth-order valence-electron chi connectivity index (χ4n) is 3.25. The van der Waals surface area contributed by atoms with Crippen molar-refractivity contribution in [3.05, 3.63) is 29.8 Å². The second-order valence-corrected chi connectivity index (χ2v) is 9.56. The molecule has 1 saturated heterocycles. The minimum atomic E-state index is -3.48. The van der Waals surface area contributed by atoms with E-state index < -0.39 is 10.0 Å². The van der Waals surface area contributed by atoms with Gasteiger partial charge in [0.15, 0.2) is 0 Å². The summed E-state index contributed by atoms with van der Waals surface area (Å²) in [6, 6.07) is 6.88. The Hall–Kier alpha value is -0.900. The molecular formula is C19H34Cl2N4O3S. The molecule has 0 aliphatic carbocycles. The van der Waals surface area contributed by atoms with E-state index in [9.17, 15) is 13.2 Å². The number of rotatable bonds is 8. The number of halogens is 2. The van der Waals surface area contributed by atoms with E-state index in [0.29, 0.717) is 43.5 Å². The molecule has 1 unspecified atom stereocenters. The highest BCUT2D eigenvalue weighted by Crippen LogP contribution is 2.18. The van der Waals surface area contributed by atoms with Crippen LogP contribution in [0.2, 0.25) is 0 Å². The predicted octanol–water partition coefficient (Wildman–Crippen LogP) is 1.63. The number of hydrogen-bond acceptors (Lipinski definition) is 5. The van der Waals surface area contributed by atoms with Gasteiger partial charge < -0.3 is 11.1 Å². The minimum Gasteiger partial charge on any atom is -0.351 e. The molecule has 0 bridgehead atoms. The Kier molecular flexibility index (Phi) is 12.3. The first kappa shape index (κ1) is 28.1. The average Bonchev–Trinajstić information content (AvgIpc) is 2.61. The number of benzene rings is 1. The summed E-state index contributed by atoms with van der Waals surface area (Å²) in [6.45, 7) is 8.67. The molecule has 1 aromatic rings. The maximum atomic E-state index is 12.7. The van der Waals surface area contributed by atoms with Gasteiger partial charge in [0, 0.05) is 38.8 Å². The van der Waals surface area contributed by atoms with Crippen LogP contribution in [0.5, 0.6) is 0 Å². The van der Waals surface area contributed by atoms with E-state index in [-0.39, 0.29) is 43.3 Å². The van der Waals surface area contributed by atoms with E-state index in [4.69, 9.17) is 5.73 Å². The average molecular weight is 469 g/mol. The lowest BCUT2D eigenvalue weighted by Crippen LogP contribution is -2.52. The van der Waals surface area contributed by atoms with Crippen LogP contribution in [0.15, 0.2) is 29.2 Å². The van der Waals surface area contributed by atoms with Crippen molar-refractivity contribution in [1.82, 2.24) is 14.5 Å². The summed E-state index contributed by atoms with van der Waals surface area (Å²) < 4.78 is 27.0. The van der Waals surface area contributed by atoms with Gasteiger partial charge in [-0.1, -0.05) is 31.5 Å². The van der Waals surface area contributed by atoms with Gasteiger partial charge >= 0.3 is 0 Å². The van der Waals surface area contributed by atoms with Crippen molar-refractivity contribution in [2.45, 2.75) is 38.1 Å². The molecule has 1 heterocycles. The minimum absolute atomic E-state index is 0. The lowest BCUT2D eigenvalue weighted by molar-refractivity contribution is -0.123. The summed E-state index contributed by atoms with van der Waals surface area (Å²) in [5, 5.41) is 2.98. The lowest BCUT2D eigenvalue weighted by atomic mass is 10.0. The molecule has 1 amide bonds. The Bertz CT molecular complexity index is 721. The predicted molar refractivity (Wildman–Crippen MR) is 121 cm³/mol. The van der Waals surface area contributed by atoms with Crippen molar-refractivity contribution >= 4 is 40.7 Å². The number of nitrogens with zero attached hydrogens (tertiary/aromatic N) is 2. The van der Waals surface area contributed by atoms with Crippen molar-refractivity contribution in [3.8, 4) is 0 Å². The smallest absolute Gasteiger partial charge is 0.243 e. The van der Waals surface area contributed by atoms with Gasteiger partial charge in [0.25, 0.3) is 0 Å². The number of sulfonamides is 1. The fraction of sp³-hybridized carbons (Fsp3) is 0.632. The molecule has 1 aliphatic rings. The Labute approximate surface area is 187 Å². The Morgan fingerprint density at radius 1 is 1.10 bits per heavy atom. The molecular weight excluding hydrogens is 435 g/mol. The highest BCUT2D eigenvalue weighted by molar-refractivity contribution is 7.89. The van der Waals surface area contributed by atoms with Crippen molar-refractivity contribution < 1.29 is 13.2 Å². The van der Waals surface area contributed by atoms with Gasteiger partial charge in [-0.15, -0.1) is 24.8 Å². The van der Waals surface area contributed by atoms with Crippen molar-refractivity contribution in [1.29, 1.82) is 0 Å². The first-order chi connectivity index (χ1) is 12.7. The maximum Gasteiger partial charge on any atom is 0.243 e. The molecule has 0 saturated carbocycles. The van der Waals surface area contributed by atoms with Gasteiger partial charge in [-0.2, -0.15) is 4.31 Å². The molecule has 1 aromatic carbocycles. The van der Waals surface area contributed by atoms with Crippen LogP contribution in [0, 0.1) is 12.8 Å². The normalized spacial score (nSPS) is 16.6. The van der Waals surface area contributed by atoms with Crippen LogP contribution < -0.4 is 11.1 Å². The standard InChI is InChI=1S/C19H32N4O3S.2ClH/c1-15(2)12-17(13-20)21-19(24)14-22-8-10-23(11-9-22)27(25,26)18-6-4-16(3)5-7-18;;/h4-7,15,17H,8-14,20H2,1-3H3,(H,21,24);2*1H. The second-order valence-electron chi connectivity index (χ2n) is 7.62. The lowest BCUT2D eigenvalue weighted by Gasteiger charge is -2.33. The fourth-order valence-corrected chi connectivity index (χ4v) is 4.67. The van der Waals surface area contributed by atoms with Crippen LogP contribution in [0.3, 0.4) is 0 Å². The number of carbonyl (C=O) groups excluding carboxylic acids is 1. The summed E-state index contributed by atoms with van der Waals surface area (Å²) in [5.41, 5.74) is 6.76. The molecule has 1 atom stereocenters. The quantitative estimate of drug-likeness (QED) is 0.604. The van der Waals surface area contributed by atoms with Crippen LogP contribution >= 0.6 is 24.8 Å². The number of aryl methyl sites for hydroxylation is 1. The van der Waals surface area contributed by atoms with Crippen molar-refractivity contribution in [3.63, 3.8) is 0 Å². The van der Waals surface area contributed by atoms with E-state index >= 15 is 0 Å². The number of amides is 1. The number of nitrogens with one attached hydrogen (secondary N) is 1. The largest absolute Gasteiger partial charge is 0.351 e. The number of piperazine rings is 1. The third-order valence-corrected chi connectivity index (χ3v) is 6.68. The van der Waals surface area contributed by atoms with E-state index in [0.717, 1.165) is 12.0 Å². The van der Waals surface area contributed by atoms with Gasteiger partial charge in [-0.05, 0) is 31.4 Å². The van der Waals surface area contributed by atoms with E-state index in [1.165, 1.54) is 4.31 Å². The van der Waals surface area contributed by atoms with Gasteiger partial charge in [-0.25, -0.2) is 8.42 Å². The molecule has 29 heavy (non-hydrogen) atoms. The molecule has 0 aromatic heterocycles. The van der Waals surface area contributed by atoms with Crippen LogP contribution in [-0.2, 0) is 14.8 Å². The molecule has 3 N–H and O–H groups in total. The Morgan fingerprint density at radius 3 is 2.14 bits per heavy atom. The summed E-state index contributed by atoms with van der Waals surface area (Å²) in [7, 11) is -3.48. The van der Waals surface area contributed by atoms with Crippen LogP contribution in [0.25, 0.3) is 0 Å². The third kappa shape index (κ3) is 8.39. The summed E-state index contributed by atoms with van der Waals surface area (Å²) in [4.78, 5) is 14.6. The second kappa shape index (κ2) is 12.7. The third-order valence-electron chi connectivity index (χ3n) is 4.76. The van der Waals surface area contributed by atoms with E-state index in [1.54, 1.807) is 24.3 Å². The molecule has 10 heteroatoms. The highest BCUT2D eigenvalue weighted by Gasteiger charge is 2.29. The zero-order chi connectivity index (χ0) is 20.0. The number of nitrogens with two attached hydrogens (primary N) is 1. The van der Waals surface area contributed by atoms with Gasteiger partial charge in [0.05, 0.1) is 11.4 Å². The summed E-state index contributed by atoms with van der Waals surface area (Å²) >= 11 is 0. The molecule has 2 rings (SSSR count). The van der Waals surface area contributed by atoms with Gasteiger partial charge in [0.2, 0.25) is 15.9 Å². The maximum absolute atomic E-state index is 12.7. The van der Waals surface area contributed by atoms with Crippen LogP contribution in [-0.4, -0.2) is 68.8 Å². The molecule has 7 nitrogen and oxygen atoms in total. The van der Waals surface area contributed by atoms with Crippen molar-refractivity contribution in [2.75, 3.05) is 39.3 Å². The molecule has 1 fully saturated rings. The zero-order valence-corrected chi connectivity index (χ0v) is 19.8. The van der Waals surface area contributed by atoms with Crippen molar-refractivity contribution in [2.24, 2.45) is 11.7 Å². The first-order valence-electron chi connectivity index (χ1n) is 9.51.